The summed E-state index contributed by atoms with van der Waals surface area (Å²) < 4.78 is 0. The molecule has 182 valence electrons. The number of aromatic nitrogens is 1. The van der Waals surface area contributed by atoms with Crippen LogP contribution in [0.1, 0.15) is 45.4 Å². The number of carbonyl (C=O) groups is 3. The largest absolute Gasteiger partial charge is 0.382 e. The summed E-state index contributed by atoms with van der Waals surface area (Å²) in [7, 11) is 2.08. The van der Waals surface area contributed by atoms with E-state index in [4.69, 9.17) is 5.73 Å². The maximum Gasteiger partial charge on any atom is 0.251 e. The fourth-order valence-electron chi connectivity index (χ4n) is 4.03. The molecule has 1 aliphatic heterocycles. The Kier molecular flexibility index (Phi) is 7.42. The lowest BCUT2D eigenvalue weighted by Crippen LogP contribution is -2.38. The maximum absolute atomic E-state index is 13.1. The van der Waals surface area contributed by atoms with E-state index in [0.717, 1.165) is 30.7 Å². The Morgan fingerprint density at radius 2 is 1.89 bits per heavy atom. The highest BCUT2D eigenvalue weighted by molar-refractivity contribution is 7.18. The molecule has 4 rings (SSSR count). The van der Waals surface area contributed by atoms with Crippen LogP contribution in [0.2, 0.25) is 0 Å². The molecule has 1 saturated heterocycles. The first kappa shape index (κ1) is 24.4. The zero-order chi connectivity index (χ0) is 24.9. The number of nitrogen functional groups attached to an aromatic ring is 1. The fourth-order valence-corrected chi connectivity index (χ4v) is 4.89. The van der Waals surface area contributed by atoms with Crippen LogP contribution in [-0.4, -0.2) is 53.7 Å². The summed E-state index contributed by atoms with van der Waals surface area (Å²) in [6, 6.07) is 14.2. The van der Waals surface area contributed by atoms with Crippen molar-refractivity contribution < 1.29 is 14.4 Å². The van der Waals surface area contributed by atoms with Crippen molar-refractivity contribution >= 4 is 51.3 Å². The Labute approximate surface area is 207 Å². The highest BCUT2D eigenvalue weighted by atomic mass is 32.1. The molecule has 0 saturated carbocycles. The number of para-hydroxylation sites is 1. The molecular weight excluding hydrogens is 464 g/mol. The quantitative estimate of drug-likeness (QED) is 0.354. The number of nitrogens with zero attached hydrogens (tertiary/aromatic N) is 2. The van der Waals surface area contributed by atoms with Gasteiger partial charge in [-0.15, -0.1) is 0 Å². The van der Waals surface area contributed by atoms with Gasteiger partial charge in [0.1, 0.15) is 10.7 Å². The van der Waals surface area contributed by atoms with Crippen LogP contribution in [0, 0.1) is 0 Å². The Balaban J connectivity index is 1.41. The van der Waals surface area contributed by atoms with E-state index >= 15 is 0 Å². The minimum absolute atomic E-state index is 0.105. The Bertz CT molecular complexity index is 1240. The number of thiazole rings is 1. The van der Waals surface area contributed by atoms with Crippen molar-refractivity contribution in [3.8, 4) is 0 Å². The first-order valence-electron chi connectivity index (χ1n) is 11.3. The molecule has 1 aromatic heterocycles. The number of rotatable bonds is 8. The predicted octanol–water partition coefficient (Wildman–Crippen LogP) is 3.48. The number of ketones is 1. The summed E-state index contributed by atoms with van der Waals surface area (Å²) >= 11 is 1.12. The zero-order valence-corrected chi connectivity index (χ0v) is 20.4. The molecule has 0 spiro atoms. The summed E-state index contributed by atoms with van der Waals surface area (Å²) in [5.41, 5.74) is 8.07. The monoisotopic (exact) mass is 492 g/mol. The number of carbonyl (C=O) groups excluding carboxylic acids is 3. The van der Waals surface area contributed by atoms with Crippen molar-refractivity contribution in [1.82, 2.24) is 15.2 Å². The molecular formula is C25H28N6O3S. The lowest BCUT2D eigenvalue weighted by atomic mass is 10.1. The summed E-state index contributed by atoms with van der Waals surface area (Å²) in [5, 5.41) is 9.25. The van der Waals surface area contributed by atoms with Crippen molar-refractivity contribution in [2.24, 2.45) is 0 Å². The van der Waals surface area contributed by atoms with E-state index < -0.39 is 0 Å². The fraction of sp³-hybridized carbons (Fsp3) is 0.280. The number of nitrogens with one attached hydrogen (secondary N) is 3. The topological polar surface area (TPSA) is 129 Å². The standard InChI is InChI=1S/C25H28N6O3S/c1-15(32)28-20-8-4-3-7-19(20)21(33)22-23(26)30-25(35-22)29-17-11-9-16(10-12-17)24(34)27-14-18-6-5-13-31(18)2/h3-4,7-12,18H,5-6,13-14,26H2,1-2H3,(H,27,34)(H,28,32)(H,29,30). The van der Waals surface area contributed by atoms with Gasteiger partial charge in [0, 0.05) is 36.3 Å². The Hall–Kier alpha value is -3.76. The molecule has 2 aromatic carbocycles. The van der Waals surface area contributed by atoms with Gasteiger partial charge in [0.05, 0.1) is 5.69 Å². The predicted molar refractivity (Wildman–Crippen MR) is 138 cm³/mol. The molecule has 35 heavy (non-hydrogen) atoms. The molecule has 0 bridgehead atoms. The maximum atomic E-state index is 13.1. The first-order valence-corrected chi connectivity index (χ1v) is 12.2. The lowest BCUT2D eigenvalue weighted by molar-refractivity contribution is -0.114. The molecule has 2 heterocycles. The van der Waals surface area contributed by atoms with Crippen LogP contribution < -0.4 is 21.7 Å². The van der Waals surface area contributed by atoms with Crippen molar-refractivity contribution in [3.05, 3.63) is 64.5 Å². The molecule has 5 N–H and O–H groups in total. The summed E-state index contributed by atoms with van der Waals surface area (Å²) in [6.45, 7) is 3.08. The van der Waals surface area contributed by atoms with Crippen LogP contribution >= 0.6 is 11.3 Å². The molecule has 3 aromatic rings. The second-order valence-electron chi connectivity index (χ2n) is 8.48. The zero-order valence-electron chi connectivity index (χ0n) is 19.6. The second-order valence-corrected chi connectivity index (χ2v) is 9.48. The van der Waals surface area contributed by atoms with E-state index in [1.54, 1.807) is 48.5 Å². The number of nitrogens with two attached hydrogens (primary N) is 1. The van der Waals surface area contributed by atoms with Gasteiger partial charge in [-0.05, 0) is 62.8 Å². The van der Waals surface area contributed by atoms with Gasteiger partial charge in [0.2, 0.25) is 11.7 Å². The van der Waals surface area contributed by atoms with E-state index in [9.17, 15) is 14.4 Å². The summed E-state index contributed by atoms with van der Waals surface area (Å²) in [4.78, 5) is 43.9. The Morgan fingerprint density at radius 3 is 2.57 bits per heavy atom. The van der Waals surface area contributed by atoms with Crippen LogP contribution in [0.5, 0.6) is 0 Å². The van der Waals surface area contributed by atoms with Gasteiger partial charge in [-0.2, -0.15) is 0 Å². The molecule has 1 unspecified atom stereocenters. The molecule has 9 nitrogen and oxygen atoms in total. The minimum Gasteiger partial charge on any atom is -0.382 e. The van der Waals surface area contributed by atoms with Crippen LogP contribution in [-0.2, 0) is 4.79 Å². The van der Waals surface area contributed by atoms with Crippen molar-refractivity contribution in [2.45, 2.75) is 25.8 Å². The van der Waals surface area contributed by atoms with E-state index in [1.807, 2.05) is 0 Å². The van der Waals surface area contributed by atoms with Crippen molar-refractivity contribution in [2.75, 3.05) is 36.5 Å². The number of benzene rings is 2. The SMILES string of the molecule is CC(=O)Nc1ccccc1C(=O)c1sc(Nc2ccc(C(=O)NCC3CCCN3C)cc2)nc1N. The summed E-state index contributed by atoms with van der Waals surface area (Å²) in [6.07, 6.45) is 2.26. The highest BCUT2D eigenvalue weighted by Gasteiger charge is 2.22. The van der Waals surface area contributed by atoms with E-state index in [1.165, 1.54) is 6.92 Å². The smallest absolute Gasteiger partial charge is 0.251 e. The minimum atomic E-state index is -0.322. The molecule has 0 radical (unpaired) electrons. The van der Waals surface area contributed by atoms with Crippen LogP contribution in [0.25, 0.3) is 0 Å². The van der Waals surface area contributed by atoms with Gasteiger partial charge in [-0.25, -0.2) is 4.98 Å². The van der Waals surface area contributed by atoms with Crippen LogP contribution in [0.3, 0.4) is 0 Å². The first-order chi connectivity index (χ1) is 16.8. The van der Waals surface area contributed by atoms with Gasteiger partial charge in [0.15, 0.2) is 5.13 Å². The van der Waals surface area contributed by atoms with Gasteiger partial charge in [-0.1, -0.05) is 23.5 Å². The lowest BCUT2D eigenvalue weighted by Gasteiger charge is -2.19. The molecule has 2 amide bonds. The van der Waals surface area contributed by atoms with E-state index in [2.05, 4.69) is 32.9 Å². The van der Waals surface area contributed by atoms with Crippen LogP contribution in [0.4, 0.5) is 22.3 Å². The molecule has 1 aliphatic rings. The highest BCUT2D eigenvalue weighted by Crippen LogP contribution is 2.31. The normalized spacial score (nSPS) is 15.5. The molecule has 10 heteroatoms. The number of amides is 2. The second kappa shape index (κ2) is 10.7. The molecule has 1 fully saturated rings. The Morgan fingerprint density at radius 1 is 1.14 bits per heavy atom. The number of hydrogen-bond donors (Lipinski definition) is 4. The molecule has 0 aliphatic carbocycles. The van der Waals surface area contributed by atoms with Gasteiger partial charge < -0.3 is 26.6 Å². The number of likely N-dealkylation sites (N-methyl/N-ethyl adjacent to an activating group) is 1. The third-order valence-electron chi connectivity index (χ3n) is 5.91. The van der Waals surface area contributed by atoms with E-state index in [-0.39, 0.29) is 28.3 Å². The third-order valence-corrected chi connectivity index (χ3v) is 6.90. The number of anilines is 4. The van der Waals surface area contributed by atoms with Gasteiger partial charge >= 0.3 is 0 Å². The van der Waals surface area contributed by atoms with Crippen LogP contribution in [0.15, 0.2) is 48.5 Å². The summed E-state index contributed by atoms with van der Waals surface area (Å²) in [5.74, 6) is -0.598. The van der Waals surface area contributed by atoms with Gasteiger partial charge in [-0.3, -0.25) is 14.4 Å². The van der Waals surface area contributed by atoms with Gasteiger partial charge in [0.25, 0.3) is 5.91 Å². The third kappa shape index (κ3) is 5.84. The number of likely N-dealkylation sites (tertiary alicyclic amines) is 1. The van der Waals surface area contributed by atoms with E-state index in [0.29, 0.717) is 40.2 Å². The molecule has 1 atom stereocenters. The average molecular weight is 493 g/mol. The van der Waals surface area contributed by atoms with Crippen molar-refractivity contribution in [1.29, 1.82) is 0 Å². The average Bonchev–Trinajstić information content (AvgIpc) is 3.42. The van der Waals surface area contributed by atoms with Crippen molar-refractivity contribution in [3.63, 3.8) is 0 Å². The number of hydrogen-bond acceptors (Lipinski definition) is 8.